The topological polar surface area (TPSA) is 79.2 Å². The SMILES string of the molecule is O=C(Nc1ccc(Br)cc1)NC1C2CC3CC1CC(C(O)CC1c4c(F)cccc4-c4cncn41)(C3)C2. The summed E-state index contributed by atoms with van der Waals surface area (Å²) in [6.45, 7) is 0. The molecule has 0 saturated heterocycles. The number of carbonyl (C=O) groups excluding carboxylic acids is 1. The molecular formula is C29H30BrFN4O2. The Balaban J connectivity index is 1.08. The van der Waals surface area contributed by atoms with Crippen molar-refractivity contribution in [1.29, 1.82) is 0 Å². The predicted octanol–water partition coefficient (Wildman–Crippen LogP) is 6.12. The second-order valence-electron chi connectivity index (χ2n) is 11.6. The Bertz CT molecular complexity index is 1340. The van der Waals surface area contributed by atoms with Gasteiger partial charge in [-0.2, -0.15) is 0 Å². The van der Waals surface area contributed by atoms with Crippen LogP contribution in [0.15, 0.2) is 59.5 Å². The van der Waals surface area contributed by atoms with Gasteiger partial charge in [0.2, 0.25) is 0 Å². The van der Waals surface area contributed by atoms with E-state index in [9.17, 15) is 14.3 Å². The van der Waals surface area contributed by atoms with E-state index in [1.807, 2.05) is 34.9 Å². The van der Waals surface area contributed by atoms with E-state index in [-0.39, 0.29) is 29.3 Å². The molecule has 192 valence electrons. The van der Waals surface area contributed by atoms with Gasteiger partial charge in [0.15, 0.2) is 0 Å². The first-order chi connectivity index (χ1) is 17.9. The van der Waals surface area contributed by atoms with Crippen LogP contribution in [0.2, 0.25) is 0 Å². The van der Waals surface area contributed by atoms with Crippen molar-refractivity contribution in [3.05, 3.63) is 70.8 Å². The van der Waals surface area contributed by atoms with Crippen LogP contribution in [-0.4, -0.2) is 32.8 Å². The Labute approximate surface area is 223 Å². The number of fused-ring (bicyclic) bond motifs is 3. The van der Waals surface area contributed by atoms with Crippen molar-refractivity contribution in [3.8, 4) is 11.3 Å². The molecule has 37 heavy (non-hydrogen) atoms. The van der Waals surface area contributed by atoms with E-state index in [4.69, 9.17) is 0 Å². The highest BCUT2D eigenvalue weighted by Crippen LogP contribution is 2.62. The van der Waals surface area contributed by atoms with E-state index >= 15 is 0 Å². The first-order valence-electron chi connectivity index (χ1n) is 13.2. The van der Waals surface area contributed by atoms with Gasteiger partial charge in [0, 0.05) is 27.3 Å². The quantitative estimate of drug-likeness (QED) is 0.349. The van der Waals surface area contributed by atoms with Gasteiger partial charge in [0.05, 0.1) is 30.4 Å². The second-order valence-corrected chi connectivity index (χ2v) is 12.5. The maximum Gasteiger partial charge on any atom is 0.319 e. The number of rotatable bonds is 5. The number of hydrogen-bond donors (Lipinski definition) is 3. The van der Waals surface area contributed by atoms with E-state index in [1.54, 1.807) is 18.6 Å². The third-order valence-corrected chi connectivity index (χ3v) is 10.1. The normalized spacial score (nSPS) is 31.6. The van der Waals surface area contributed by atoms with Gasteiger partial charge in [0.1, 0.15) is 5.82 Å². The summed E-state index contributed by atoms with van der Waals surface area (Å²) in [5.74, 6) is 1.07. The summed E-state index contributed by atoms with van der Waals surface area (Å²) >= 11 is 3.42. The van der Waals surface area contributed by atoms with Crippen LogP contribution in [0.1, 0.15) is 50.1 Å². The Morgan fingerprint density at radius 3 is 2.68 bits per heavy atom. The monoisotopic (exact) mass is 564 g/mol. The lowest BCUT2D eigenvalue weighted by Gasteiger charge is -2.61. The summed E-state index contributed by atoms with van der Waals surface area (Å²) in [7, 11) is 0. The Hall–Kier alpha value is -2.71. The standard InChI is InChI=1S/C29H30BrFN4O2/c30-19-4-6-20(7-5-19)33-28(37)34-27-17-8-16-9-18(27)13-29(11-16,12-17)25(36)10-23-26-21(2-1-3-22(26)31)24-14-32-15-35(23)24/h1-7,14-18,23,25,27,36H,8-13H2,(H2,33,34,37). The van der Waals surface area contributed by atoms with Gasteiger partial charge in [-0.1, -0.05) is 28.1 Å². The van der Waals surface area contributed by atoms with Gasteiger partial charge in [-0.3, -0.25) is 0 Å². The van der Waals surface area contributed by atoms with Gasteiger partial charge in [-0.25, -0.2) is 14.2 Å². The smallest absolute Gasteiger partial charge is 0.319 e. The van der Waals surface area contributed by atoms with E-state index in [0.29, 0.717) is 29.7 Å². The Morgan fingerprint density at radius 2 is 1.92 bits per heavy atom. The number of aromatic nitrogens is 2. The zero-order valence-electron chi connectivity index (χ0n) is 20.4. The molecule has 4 atom stereocenters. The molecule has 4 saturated carbocycles. The van der Waals surface area contributed by atoms with Crippen LogP contribution in [0, 0.1) is 29.0 Å². The summed E-state index contributed by atoms with van der Waals surface area (Å²) < 4.78 is 18.0. The minimum Gasteiger partial charge on any atom is -0.392 e. The van der Waals surface area contributed by atoms with E-state index in [2.05, 4.69) is 31.5 Å². The molecule has 2 heterocycles. The molecule has 4 aliphatic carbocycles. The zero-order valence-corrected chi connectivity index (χ0v) is 22.0. The van der Waals surface area contributed by atoms with Crippen LogP contribution in [0.4, 0.5) is 14.9 Å². The number of halogens is 2. The number of hydrogen-bond acceptors (Lipinski definition) is 3. The van der Waals surface area contributed by atoms with Crippen molar-refractivity contribution in [1.82, 2.24) is 14.9 Å². The third-order valence-electron chi connectivity index (χ3n) is 9.54. The Morgan fingerprint density at radius 1 is 1.16 bits per heavy atom. The fourth-order valence-electron chi connectivity index (χ4n) is 8.28. The molecule has 3 N–H and O–H groups in total. The molecule has 1 aromatic heterocycles. The van der Waals surface area contributed by atoms with Crippen molar-refractivity contribution in [3.63, 3.8) is 0 Å². The zero-order chi connectivity index (χ0) is 25.3. The molecule has 6 nitrogen and oxygen atoms in total. The van der Waals surface area contributed by atoms with E-state index < -0.39 is 6.10 Å². The number of aliphatic hydroxyl groups is 1. The number of urea groups is 1. The number of anilines is 1. The minimum atomic E-state index is -0.538. The lowest BCUT2D eigenvalue weighted by atomic mass is 9.46. The van der Waals surface area contributed by atoms with Gasteiger partial charge in [0.25, 0.3) is 0 Å². The van der Waals surface area contributed by atoms with Crippen molar-refractivity contribution in [2.24, 2.45) is 23.2 Å². The van der Waals surface area contributed by atoms with E-state index in [1.165, 1.54) is 6.07 Å². The minimum absolute atomic E-state index is 0.122. The third kappa shape index (κ3) is 3.83. The summed E-state index contributed by atoms with van der Waals surface area (Å²) in [6, 6.07) is 12.5. The highest BCUT2D eigenvalue weighted by molar-refractivity contribution is 9.10. The number of benzene rings is 2. The lowest BCUT2D eigenvalue weighted by molar-refractivity contribution is -0.135. The van der Waals surface area contributed by atoms with Gasteiger partial charge in [-0.05, 0) is 92.0 Å². The molecule has 4 bridgehead atoms. The number of nitrogens with zero attached hydrogens (tertiary/aromatic N) is 2. The van der Waals surface area contributed by atoms with Crippen LogP contribution in [0.3, 0.4) is 0 Å². The van der Waals surface area contributed by atoms with Crippen molar-refractivity contribution in [2.45, 2.75) is 56.7 Å². The predicted molar refractivity (Wildman–Crippen MR) is 142 cm³/mol. The number of nitrogens with one attached hydrogen (secondary N) is 2. The Kier molecular flexibility index (Phi) is 5.48. The van der Waals surface area contributed by atoms with Gasteiger partial charge >= 0.3 is 6.03 Å². The average molecular weight is 565 g/mol. The maximum atomic E-state index is 15.0. The van der Waals surface area contributed by atoms with Crippen molar-refractivity contribution in [2.75, 3.05) is 5.32 Å². The largest absolute Gasteiger partial charge is 0.392 e. The molecule has 5 aliphatic rings. The molecule has 0 radical (unpaired) electrons. The lowest BCUT2D eigenvalue weighted by Crippen LogP contribution is -2.62. The molecule has 2 amide bonds. The van der Waals surface area contributed by atoms with Gasteiger partial charge in [-0.15, -0.1) is 0 Å². The first kappa shape index (κ1) is 23.4. The number of imidazole rings is 1. The molecular weight excluding hydrogens is 535 g/mol. The summed E-state index contributed by atoms with van der Waals surface area (Å²) in [4.78, 5) is 17.2. The molecule has 8 heteroatoms. The first-order valence-corrected chi connectivity index (χ1v) is 14.0. The fraction of sp³-hybridized carbons (Fsp3) is 0.448. The van der Waals surface area contributed by atoms with Crippen molar-refractivity contribution < 1.29 is 14.3 Å². The summed E-state index contributed by atoms with van der Waals surface area (Å²) in [5.41, 5.74) is 3.05. The van der Waals surface area contributed by atoms with Crippen molar-refractivity contribution >= 4 is 27.6 Å². The summed E-state index contributed by atoms with van der Waals surface area (Å²) in [5, 5.41) is 18.0. The second kappa shape index (κ2) is 8.67. The molecule has 4 fully saturated rings. The van der Waals surface area contributed by atoms with Crippen LogP contribution < -0.4 is 10.6 Å². The van der Waals surface area contributed by atoms with Crippen LogP contribution in [0.25, 0.3) is 11.3 Å². The molecule has 3 aromatic rings. The van der Waals surface area contributed by atoms with E-state index in [0.717, 1.165) is 53.5 Å². The van der Waals surface area contributed by atoms with Crippen LogP contribution in [0.5, 0.6) is 0 Å². The number of amides is 2. The number of carbonyl (C=O) groups is 1. The molecule has 2 aromatic carbocycles. The highest BCUT2D eigenvalue weighted by atomic mass is 79.9. The van der Waals surface area contributed by atoms with Crippen LogP contribution >= 0.6 is 15.9 Å². The molecule has 0 spiro atoms. The fourth-order valence-corrected chi connectivity index (χ4v) is 8.54. The average Bonchev–Trinajstić information content (AvgIpc) is 3.46. The molecule has 1 aliphatic heterocycles. The van der Waals surface area contributed by atoms with Gasteiger partial charge < -0.3 is 20.3 Å². The molecule has 8 rings (SSSR count). The maximum absolute atomic E-state index is 15.0. The summed E-state index contributed by atoms with van der Waals surface area (Å²) in [6.07, 6.45) is 8.50. The van der Waals surface area contributed by atoms with Crippen LogP contribution in [-0.2, 0) is 0 Å². The number of aliphatic hydroxyl groups excluding tert-OH is 1. The molecule has 4 unspecified atom stereocenters. The highest BCUT2D eigenvalue weighted by Gasteiger charge is 2.58.